The van der Waals surface area contributed by atoms with Gasteiger partial charge in [0.15, 0.2) is 0 Å². The van der Waals surface area contributed by atoms with Crippen LogP contribution in [0.1, 0.15) is 52.4 Å². The van der Waals surface area contributed by atoms with Gasteiger partial charge in [-0.15, -0.1) is 0 Å². The normalized spacial score (nSPS) is 36.3. The molecule has 0 aliphatic carbocycles. The minimum atomic E-state index is 0.348. The van der Waals surface area contributed by atoms with Crippen molar-refractivity contribution in [1.82, 2.24) is 5.32 Å². The van der Waals surface area contributed by atoms with Crippen LogP contribution < -0.4 is 5.32 Å². The van der Waals surface area contributed by atoms with E-state index in [9.17, 15) is 0 Å². The lowest BCUT2D eigenvalue weighted by Gasteiger charge is -2.33. The van der Waals surface area contributed by atoms with Crippen molar-refractivity contribution in [3.8, 4) is 0 Å². The van der Waals surface area contributed by atoms with E-state index < -0.39 is 0 Å². The molecule has 1 N–H and O–H groups in total. The number of rotatable bonds is 7. The maximum absolute atomic E-state index is 5.83. The van der Waals surface area contributed by atoms with Gasteiger partial charge in [-0.1, -0.05) is 6.92 Å². The highest BCUT2D eigenvalue weighted by Gasteiger charge is 2.41. The summed E-state index contributed by atoms with van der Waals surface area (Å²) in [6, 6.07) is 0. The maximum Gasteiger partial charge on any atom is 0.0616 e. The Morgan fingerprint density at radius 3 is 2.78 bits per heavy atom. The Labute approximate surface area is 112 Å². The number of hydrogen-bond donors (Lipinski definition) is 1. The molecule has 0 aromatic carbocycles. The first kappa shape index (κ1) is 14.3. The van der Waals surface area contributed by atoms with Gasteiger partial charge in [0, 0.05) is 25.2 Å². The molecule has 0 aromatic heterocycles. The van der Waals surface area contributed by atoms with Crippen LogP contribution in [0.4, 0.5) is 0 Å². The van der Waals surface area contributed by atoms with E-state index in [1.54, 1.807) is 0 Å². The number of ether oxygens (including phenoxy) is 2. The molecule has 3 nitrogen and oxygen atoms in total. The Hall–Kier alpha value is -0.120. The van der Waals surface area contributed by atoms with Gasteiger partial charge in [0.25, 0.3) is 0 Å². The average Bonchev–Trinajstić information content (AvgIpc) is 2.99. The quantitative estimate of drug-likeness (QED) is 0.710. The van der Waals surface area contributed by atoms with Gasteiger partial charge in [0.1, 0.15) is 0 Å². The summed E-state index contributed by atoms with van der Waals surface area (Å²) in [5, 5.41) is 3.60. The van der Waals surface area contributed by atoms with Crippen molar-refractivity contribution in [3.63, 3.8) is 0 Å². The molecule has 0 bridgehead atoms. The van der Waals surface area contributed by atoms with Crippen molar-refractivity contribution in [2.24, 2.45) is 5.41 Å². The molecule has 2 saturated heterocycles. The van der Waals surface area contributed by atoms with Crippen molar-refractivity contribution >= 4 is 0 Å². The van der Waals surface area contributed by atoms with Crippen LogP contribution in [-0.4, -0.2) is 38.5 Å². The molecule has 2 rings (SSSR count). The molecule has 2 aliphatic rings. The molecule has 0 radical (unpaired) electrons. The van der Waals surface area contributed by atoms with Crippen LogP contribution in [0.25, 0.3) is 0 Å². The summed E-state index contributed by atoms with van der Waals surface area (Å²) >= 11 is 0. The maximum atomic E-state index is 5.83. The third-order valence-corrected chi connectivity index (χ3v) is 4.72. The molecule has 106 valence electrons. The van der Waals surface area contributed by atoms with Crippen LogP contribution in [0.2, 0.25) is 0 Å². The van der Waals surface area contributed by atoms with Crippen LogP contribution >= 0.6 is 0 Å². The van der Waals surface area contributed by atoms with Crippen molar-refractivity contribution in [3.05, 3.63) is 0 Å². The number of nitrogens with one attached hydrogen (secondary N) is 1. The van der Waals surface area contributed by atoms with Gasteiger partial charge >= 0.3 is 0 Å². The van der Waals surface area contributed by atoms with Crippen molar-refractivity contribution in [2.45, 2.75) is 64.6 Å². The van der Waals surface area contributed by atoms with Gasteiger partial charge in [0.2, 0.25) is 0 Å². The SMILES string of the molecule is CCCNCC1(CCC2CCCO2)CCOC1C. The molecule has 0 spiro atoms. The Morgan fingerprint density at radius 1 is 1.28 bits per heavy atom. The fourth-order valence-corrected chi connectivity index (χ4v) is 3.30. The molecule has 0 amide bonds. The standard InChI is InChI=1S/C15H29NO2/c1-3-9-16-12-15(8-11-17-13(15)2)7-6-14-5-4-10-18-14/h13-14,16H,3-12H2,1-2H3. The summed E-state index contributed by atoms with van der Waals surface area (Å²) in [7, 11) is 0. The Kier molecular flexibility index (Phi) is 5.46. The molecule has 2 fully saturated rings. The third-order valence-electron chi connectivity index (χ3n) is 4.72. The monoisotopic (exact) mass is 255 g/mol. The zero-order valence-corrected chi connectivity index (χ0v) is 12.0. The molecule has 0 saturated carbocycles. The van der Waals surface area contributed by atoms with Gasteiger partial charge < -0.3 is 14.8 Å². The Balaban J connectivity index is 1.83. The minimum absolute atomic E-state index is 0.348. The summed E-state index contributed by atoms with van der Waals surface area (Å²) in [5.74, 6) is 0. The zero-order chi connectivity index (χ0) is 12.8. The van der Waals surface area contributed by atoms with Crippen LogP contribution in [0, 0.1) is 5.41 Å². The third kappa shape index (κ3) is 3.46. The van der Waals surface area contributed by atoms with E-state index in [0.29, 0.717) is 17.6 Å². The molecule has 0 aromatic rings. The fraction of sp³-hybridized carbons (Fsp3) is 1.00. The van der Waals surface area contributed by atoms with E-state index in [1.165, 1.54) is 38.5 Å². The second-order valence-corrected chi connectivity index (χ2v) is 5.98. The van der Waals surface area contributed by atoms with Crippen LogP contribution in [0.15, 0.2) is 0 Å². The molecule has 2 heterocycles. The lowest BCUT2D eigenvalue weighted by molar-refractivity contribution is 0.0410. The van der Waals surface area contributed by atoms with E-state index >= 15 is 0 Å². The molecule has 18 heavy (non-hydrogen) atoms. The summed E-state index contributed by atoms with van der Waals surface area (Å²) in [6.07, 6.45) is 8.28. The van der Waals surface area contributed by atoms with E-state index in [2.05, 4.69) is 19.2 Å². The predicted molar refractivity (Wildman–Crippen MR) is 73.8 cm³/mol. The highest BCUT2D eigenvalue weighted by atomic mass is 16.5. The summed E-state index contributed by atoms with van der Waals surface area (Å²) in [4.78, 5) is 0. The smallest absolute Gasteiger partial charge is 0.0616 e. The lowest BCUT2D eigenvalue weighted by atomic mass is 9.76. The average molecular weight is 255 g/mol. The lowest BCUT2D eigenvalue weighted by Crippen LogP contribution is -2.40. The minimum Gasteiger partial charge on any atom is -0.378 e. The summed E-state index contributed by atoms with van der Waals surface area (Å²) < 4.78 is 11.6. The van der Waals surface area contributed by atoms with Gasteiger partial charge in [-0.05, 0) is 52.0 Å². The highest BCUT2D eigenvalue weighted by Crippen LogP contribution is 2.40. The van der Waals surface area contributed by atoms with E-state index in [1.807, 2.05) is 0 Å². The first-order valence-corrected chi connectivity index (χ1v) is 7.71. The fourth-order valence-electron chi connectivity index (χ4n) is 3.30. The molecular weight excluding hydrogens is 226 g/mol. The van der Waals surface area contributed by atoms with Crippen molar-refractivity contribution in [2.75, 3.05) is 26.3 Å². The predicted octanol–water partition coefficient (Wildman–Crippen LogP) is 2.74. The Bertz CT molecular complexity index is 241. The largest absolute Gasteiger partial charge is 0.378 e. The molecule has 2 aliphatic heterocycles. The summed E-state index contributed by atoms with van der Waals surface area (Å²) in [5.41, 5.74) is 0.348. The number of hydrogen-bond acceptors (Lipinski definition) is 3. The van der Waals surface area contributed by atoms with Crippen molar-refractivity contribution < 1.29 is 9.47 Å². The topological polar surface area (TPSA) is 30.5 Å². The zero-order valence-electron chi connectivity index (χ0n) is 12.0. The van der Waals surface area contributed by atoms with Gasteiger partial charge in [-0.3, -0.25) is 0 Å². The molecule has 3 atom stereocenters. The van der Waals surface area contributed by atoms with Gasteiger partial charge in [-0.25, -0.2) is 0 Å². The van der Waals surface area contributed by atoms with Crippen LogP contribution in [0.5, 0.6) is 0 Å². The van der Waals surface area contributed by atoms with Gasteiger partial charge in [0.05, 0.1) is 12.2 Å². The molecule has 3 unspecified atom stereocenters. The second-order valence-electron chi connectivity index (χ2n) is 5.98. The van der Waals surface area contributed by atoms with Crippen molar-refractivity contribution in [1.29, 1.82) is 0 Å². The molecule has 3 heteroatoms. The van der Waals surface area contributed by atoms with E-state index in [-0.39, 0.29) is 0 Å². The molecular formula is C15H29NO2. The van der Waals surface area contributed by atoms with Gasteiger partial charge in [-0.2, -0.15) is 0 Å². The first-order valence-electron chi connectivity index (χ1n) is 7.71. The first-order chi connectivity index (χ1) is 8.77. The Morgan fingerprint density at radius 2 is 2.17 bits per heavy atom. The highest BCUT2D eigenvalue weighted by molar-refractivity contribution is 4.92. The van der Waals surface area contributed by atoms with Crippen LogP contribution in [-0.2, 0) is 9.47 Å². The van der Waals surface area contributed by atoms with Crippen LogP contribution in [0.3, 0.4) is 0 Å². The van der Waals surface area contributed by atoms with E-state index in [0.717, 1.165) is 26.3 Å². The summed E-state index contributed by atoms with van der Waals surface area (Å²) in [6.45, 7) is 8.60. The van der Waals surface area contributed by atoms with E-state index in [4.69, 9.17) is 9.47 Å². The second kappa shape index (κ2) is 6.88.